The van der Waals surface area contributed by atoms with Crippen molar-refractivity contribution in [3.8, 4) is 6.07 Å². The van der Waals surface area contributed by atoms with E-state index < -0.39 is 0 Å². The molecule has 2 rings (SSSR count). The summed E-state index contributed by atoms with van der Waals surface area (Å²) in [4.78, 5) is 14.3. The first-order chi connectivity index (χ1) is 10.3. The molecule has 0 saturated carbocycles. The normalized spacial score (nSPS) is 20.5. The summed E-state index contributed by atoms with van der Waals surface area (Å²) in [5.41, 5.74) is 1.01. The monoisotopic (exact) mass is 286 g/mol. The molecule has 0 bridgehead atoms. The lowest BCUT2D eigenvalue weighted by Crippen LogP contribution is -2.58. The minimum Gasteiger partial charge on any atom is -0.355 e. The molecule has 1 fully saturated rings. The van der Waals surface area contributed by atoms with E-state index in [1.54, 1.807) is 0 Å². The molecule has 0 aliphatic carbocycles. The van der Waals surface area contributed by atoms with Crippen LogP contribution in [0.15, 0.2) is 30.3 Å². The zero-order valence-corrected chi connectivity index (χ0v) is 12.4. The van der Waals surface area contributed by atoms with Crippen molar-refractivity contribution in [3.05, 3.63) is 35.9 Å². The number of nitrogens with zero attached hydrogens (tertiary/aromatic N) is 2. The Morgan fingerprint density at radius 2 is 2.29 bits per heavy atom. The molecule has 112 valence electrons. The van der Waals surface area contributed by atoms with Crippen LogP contribution in [0.1, 0.15) is 18.4 Å². The van der Waals surface area contributed by atoms with Crippen LogP contribution in [-0.2, 0) is 4.79 Å². The summed E-state index contributed by atoms with van der Waals surface area (Å²) >= 11 is 0. The lowest BCUT2D eigenvalue weighted by atomic mass is 9.98. The molecule has 21 heavy (non-hydrogen) atoms. The second kappa shape index (κ2) is 7.77. The Kier molecular flexibility index (Phi) is 5.73. The van der Waals surface area contributed by atoms with Gasteiger partial charge in [-0.15, -0.1) is 0 Å². The van der Waals surface area contributed by atoms with Crippen LogP contribution in [0.3, 0.4) is 0 Å². The van der Waals surface area contributed by atoms with Gasteiger partial charge in [-0.05, 0) is 12.5 Å². The summed E-state index contributed by atoms with van der Waals surface area (Å²) < 4.78 is 0. The molecule has 1 amide bonds. The number of benzene rings is 1. The Morgan fingerprint density at radius 3 is 2.95 bits per heavy atom. The first kappa shape index (κ1) is 15.5. The minimum absolute atomic E-state index is 0.0365. The first-order valence-corrected chi connectivity index (χ1v) is 7.43. The van der Waals surface area contributed by atoms with Gasteiger partial charge in [0.05, 0.1) is 12.0 Å². The van der Waals surface area contributed by atoms with Gasteiger partial charge in [0.2, 0.25) is 5.91 Å². The Morgan fingerprint density at radius 1 is 1.52 bits per heavy atom. The van der Waals surface area contributed by atoms with Crippen LogP contribution in [0.2, 0.25) is 0 Å². The fraction of sp³-hybridized carbons (Fsp3) is 0.500. The van der Waals surface area contributed by atoms with Crippen LogP contribution in [0.4, 0.5) is 0 Å². The number of carbonyl (C=O) groups is 1. The van der Waals surface area contributed by atoms with Gasteiger partial charge in [-0.25, -0.2) is 0 Å². The van der Waals surface area contributed by atoms with E-state index in [-0.39, 0.29) is 17.9 Å². The van der Waals surface area contributed by atoms with Crippen LogP contribution in [0.5, 0.6) is 0 Å². The SMILES string of the molecule is CCNC(=O)C1CNCCN1CC(C#N)c1ccccc1. The molecule has 5 nitrogen and oxygen atoms in total. The van der Waals surface area contributed by atoms with Crippen molar-refractivity contribution in [1.29, 1.82) is 5.26 Å². The maximum Gasteiger partial charge on any atom is 0.238 e. The highest BCUT2D eigenvalue weighted by molar-refractivity contribution is 5.82. The fourth-order valence-electron chi connectivity index (χ4n) is 2.66. The van der Waals surface area contributed by atoms with Gasteiger partial charge in [0.15, 0.2) is 0 Å². The summed E-state index contributed by atoms with van der Waals surface area (Å²) in [6.07, 6.45) is 0. The van der Waals surface area contributed by atoms with E-state index in [1.165, 1.54) is 0 Å². The van der Waals surface area contributed by atoms with Crippen molar-refractivity contribution >= 4 is 5.91 Å². The third-order valence-corrected chi connectivity index (χ3v) is 3.78. The van der Waals surface area contributed by atoms with E-state index in [0.717, 1.165) is 18.7 Å². The number of piperazine rings is 1. The number of nitriles is 1. The molecule has 1 aromatic carbocycles. The summed E-state index contributed by atoms with van der Waals surface area (Å²) in [6.45, 7) is 5.41. The van der Waals surface area contributed by atoms with Crippen molar-refractivity contribution < 1.29 is 4.79 Å². The molecule has 1 heterocycles. The molecule has 1 aromatic rings. The molecule has 0 spiro atoms. The number of hydrogen-bond donors (Lipinski definition) is 2. The summed E-state index contributed by atoms with van der Waals surface area (Å²) in [6, 6.07) is 11.9. The highest BCUT2D eigenvalue weighted by Crippen LogP contribution is 2.18. The lowest BCUT2D eigenvalue weighted by molar-refractivity contribution is -0.127. The standard InChI is InChI=1S/C16H22N4O/c1-2-19-16(21)15-11-18-8-9-20(15)12-14(10-17)13-6-4-3-5-7-13/h3-7,14-15,18H,2,8-9,11-12H2,1H3,(H,19,21). The largest absolute Gasteiger partial charge is 0.355 e. The van der Waals surface area contributed by atoms with Gasteiger partial charge in [0.25, 0.3) is 0 Å². The highest BCUT2D eigenvalue weighted by atomic mass is 16.2. The van der Waals surface area contributed by atoms with Crippen molar-refractivity contribution in [1.82, 2.24) is 15.5 Å². The van der Waals surface area contributed by atoms with Crippen LogP contribution in [0.25, 0.3) is 0 Å². The predicted octanol–water partition coefficient (Wildman–Crippen LogP) is 0.704. The lowest BCUT2D eigenvalue weighted by Gasteiger charge is -2.36. The van der Waals surface area contributed by atoms with E-state index in [4.69, 9.17) is 0 Å². The van der Waals surface area contributed by atoms with Crippen LogP contribution >= 0.6 is 0 Å². The van der Waals surface area contributed by atoms with Gasteiger partial charge < -0.3 is 10.6 Å². The molecular formula is C16H22N4O. The topological polar surface area (TPSA) is 68.2 Å². The number of nitrogens with one attached hydrogen (secondary N) is 2. The fourth-order valence-corrected chi connectivity index (χ4v) is 2.66. The maximum absolute atomic E-state index is 12.1. The highest BCUT2D eigenvalue weighted by Gasteiger charge is 2.30. The third-order valence-electron chi connectivity index (χ3n) is 3.78. The molecule has 0 aromatic heterocycles. The van der Waals surface area contributed by atoms with E-state index in [9.17, 15) is 10.1 Å². The van der Waals surface area contributed by atoms with Gasteiger partial charge in [-0.1, -0.05) is 30.3 Å². The smallest absolute Gasteiger partial charge is 0.238 e. The van der Waals surface area contributed by atoms with E-state index in [2.05, 4.69) is 21.6 Å². The van der Waals surface area contributed by atoms with Crippen LogP contribution < -0.4 is 10.6 Å². The van der Waals surface area contributed by atoms with Gasteiger partial charge in [-0.3, -0.25) is 9.69 Å². The zero-order valence-electron chi connectivity index (χ0n) is 12.4. The van der Waals surface area contributed by atoms with Crippen LogP contribution in [0, 0.1) is 11.3 Å². The third kappa shape index (κ3) is 4.03. The first-order valence-electron chi connectivity index (χ1n) is 7.43. The van der Waals surface area contributed by atoms with E-state index >= 15 is 0 Å². The maximum atomic E-state index is 12.1. The Bertz CT molecular complexity index is 497. The van der Waals surface area contributed by atoms with Crippen molar-refractivity contribution in [2.75, 3.05) is 32.7 Å². The molecule has 2 atom stereocenters. The molecule has 2 N–H and O–H groups in total. The molecule has 5 heteroatoms. The number of rotatable bonds is 5. The van der Waals surface area contributed by atoms with Gasteiger partial charge in [-0.2, -0.15) is 5.26 Å². The second-order valence-electron chi connectivity index (χ2n) is 5.20. The van der Waals surface area contributed by atoms with E-state index in [1.807, 2.05) is 37.3 Å². The Hall–Kier alpha value is -1.90. The molecule has 0 radical (unpaired) electrons. The van der Waals surface area contributed by atoms with Crippen molar-refractivity contribution in [3.63, 3.8) is 0 Å². The summed E-state index contributed by atoms with van der Waals surface area (Å²) in [7, 11) is 0. The second-order valence-corrected chi connectivity index (χ2v) is 5.20. The van der Waals surface area contributed by atoms with Crippen molar-refractivity contribution in [2.24, 2.45) is 0 Å². The van der Waals surface area contributed by atoms with Gasteiger partial charge in [0, 0.05) is 32.7 Å². The Labute approximate surface area is 125 Å². The molecular weight excluding hydrogens is 264 g/mol. The molecule has 1 aliphatic rings. The van der Waals surface area contributed by atoms with E-state index in [0.29, 0.717) is 19.6 Å². The molecule has 1 aliphatic heterocycles. The minimum atomic E-state index is -0.207. The Balaban J connectivity index is 2.07. The number of amides is 1. The molecule has 2 unspecified atom stereocenters. The average Bonchev–Trinajstić information content (AvgIpc) is 2.54. The number of carbonyl (C=O) groups excluding carboxylic acids is 1. The number of likely N-dealkylation sites (N-methyl/N-ethyl adjacent to an activating group) is 1. The quantitative estimate of drug-likeness (QED) is 0.836. The average molecular weight is 286 g/mol. The summed E-state index contributed by atoms with van der Waals surface area (Å²) in [5, 5.41) is 15.6. The van der Waals surface area contributed by atoms with Gasteiger partial charge >= 0.3 is 0 Å². The predicted molar refractivity (Wildman–Crippen MR) is 81.7 cm³/mol. The summed E-state index contributed by atoms with van der Waals surface area (Å²) in [5.74, 6) is -0.171. The van der Waals surface area contributed by atoms with Gasteiger partial charge in [0.1, 0.15) is 6.04 Å². The van der Waals surface area contributed by atoms with Crippen molar-refractivity contribution in [2.45, 2.75) is 18.9 Å². The van der Waals surface area contributed by atoms with Crippen LogP contribution in [-0.4, -0.2) is 49.6 Å². The number of hydrogen-bond acceptors (Lipinski definition) is 4. The molecule has 1 saturated heterocycles. The zero-order chi connectivity index (χ0) is 15.1.